The number of benzene rings is 2. The minimum Gasteiger partial charge on any atom is -0.495 e. The Labute approximate surface area is 186 Å². The zero-order chi connectivity index (χ0) is 22.8. The highest BCUT2D eigenvalue weighted by molar-refractivity contribution is 5.98. The number of imidazole rings is 1. The van der Waals surface area contributed by atoms with Crippen LogP contribution >= 0.6 is 0 Å². The minimum absolute atomic E-state index is 0.0956. The van der Waals surface area contributed by atoms with E-state index in [1.807, 2.05) is 48.9 Å². The number of carbonyl (C=O) groups is 1. The molecule has 0 aliphatic carbocycles. The van der Waals surface area contributed by atoms with Crippen molar-refractivity contribution in [2.45, 2.75) is 32.7 Å². The Morgan fingerprint density at radius 1 is 1.16 bits per heavy atom. The maximum atomic E-state index is 13.7. The fourth-order valence-corrected chi connectivity index (χ4v) is 4.04. The number of aryl methyl sites for hydroxylation is 1. The lowest BCUT2D eigenvalue weighted by Crippen LogP contribution is -2.38. The van der Waals surface area contributed by atoms with E-state index in [-0.39, 0.29) is 11.9 Å². The molecule has 32 heavy (non-hydrogen) atoms. The van der Waals surface area contributed by atoms with Gasteiger partial charge in [0.25, 0.3) is 0 Å². The molecule has 0 N–H and O–H groups in total. The Morgan fingerprint density at radius 3 is 2.66 bits per heavy atom. The maximum absolute atomic E-state index is 13.7. The summed E-state index contributed by atoms with van der Waals surface area (Å²) in [5, 5.41) is 0. The molecule has 7 heteroatoms. The molecule has 1 aromatic heterocycles. The van der Waals surface area contributed by atoms with Gasteiger partial charge in [0.2, 0.25) is 5.91 Å². The lowest BCUT2D eigenvalue weighted by Gasteiger charge is -2.34. The summed E-state index contributed by atoms with van der Waals surface area (Å²) in [5.41, 5.74) is 3.87. The number of hydrogen-bond donors (Lipinski definition) is 0. The summed E-state index contributed by atoms with van der Waals surface area (Å²) >= 11 is 0. The third kappa shape index (κ3) is 4.28. The summed E-state index contributed by atoms with van der Waals surface area (Å²) < 4.78 is 34.4. The van der Waals surface area contributed by atoms with Crippen LogP contribution in [0.15, 0.2) is 54.5 Å². The number of ether oxygens (including phenoxy) is 1. The van der Waals surface area contributed by atoms with Gasteiger partial charge < -0.3 is 14.2 Å². The predicted molar refractivity (Wildman–Crippen MR) is 119 cm³/mol. The molecule has 1 aliphatic heterocycles. The van der Waals surface area contributed by atoms with Gasteiger partial charge in [0, 0.05) is 18.3 Å². The number of hydrogen-bond acceptors (Lipinski definition) is 3. The van der Waals surface area contributed by atoms with Crippen LogP contribution in [0.2, 0.25) is 0 Å². The highest BCUT2D eigenvalue weighted by atomic mass is 19.2. The number of nitrogens with zero attached hydrogens (tertiary/aromatic N) is 3. The van der Waals surface area contributed by atoms with Crippen LogP contribution in [0, 0.1) is 18.6 Å². The number of piperidine rings is 1. The molecule has 1 fully saturated rings. The second-order valence-corrected chi connectivity index (χ2v) is 7.97. The number of rotatable bonds is 5. The minimum atomic E-state index is -0.908. The molecule has 0 saturated carbocycles. The van der Waals surface area contributed by atoms with E-state index >= 15 is 0 Å². The summed E-state index contributed by atoms with van der Waals surface area (Å²) in [4.78, 5) is 19.2. The van der Waals surface area contributed by atoms with Gasteiger partial charge in [0.1, 0.15) is 5.75 Å². The molecule has 2 heterocycles. The first kappa shape index (κ1) is 21.7. The molecule has 0 bridgehead atoms. The normalized spacial score (nSPS) is 16.5. The molecule has 1 aliphatic rings. The number of methoxy groups -OCH3 is 1. The van der Waals surface area contributed by atoms with Crippen molar-refractivity contribution in [1.29, 1.82) is 0 Å². The van der Waals surface area contributed by atoms with Crippen LogP contribution in [-0.2, 0) is 4.79 Å². The quantitative estimate of drug-likeness (QED) is 0.513. The summed E-state index contributed by atoms with van der Waals surface area (Å²) in [7, 11) is 1.61. The molecule has 1 atom stereocenters. The largest absolute Gasteiger partial charge is 0.495 e. The standard InChI is InChI=1S/C25H25F2N3O2/c1-16-14-29(15-28-16)23-9-6-18(12-24(23)32-3)11-20-5-4-10-30(25(20)31)17(2)19-7-8-21(26)22(27)13-19/h6-9,11-15,17H,4-5,10H2,1-3H3/b20-11+/t17-/m1/s1. The first-order chi connectivity index (χ1) is 15.4. The van der Waals surface area contributed by atoms with E-state index < -0.39 is 11.6 Å². The molecule has 5 nitrogen and oxygen atoms in total. The van der Waals surface area contributed by atoms with Crippen LogP contribution < -0.4 is 4.74 Å². The van der Waals surface area contributed by atoms with Gasteiger partial charge in [0.05, 0.1) is 30.9 Å². The molecular formula is C25H25F2N3O2. The molecule has 0 unspecified atom stereocenters. The van der Waals surface area contributed by atoms with Crippen LogP contribution in [0.1, 0.15) is 42.6 Å². The van der Waals surface area contributed by atoms with Gasteiger partial charge in [-0.2, -0.15) is 0 Å². The smallest absolute Gasteiger partial charge is 0.250 e. The fraction of sp³-hybridized carbons (Fsp3) is 0.280. The van der Waals surface area contributed by atoms with E-state index in [2.05, 4.69) is 4.98 Å². The zero-order valence-electron chi connectivity index (χ0n) is 18.3. The zero-order valence-corrected chi connectivity index (χ0v) is 18.3. The number of likely N-dealkylation sites (tertiary alicyclic amines) is 1. The van der Waals surface area contributed by atoms with E-state index in [0.717, 1.165) is 35.5 Å². The number of amides is 1. The van der Waals surface area contributed by atoms with E-state index in [9.17, 15) is 13.6 Å². The molecule has 1 saturated heterocycles. The highest BCUT2D eigenvalue weighted by Crippen LogP contribution is 2.31. The van der Waals surface area contributed by atoms with Crippen molar-refractivity contribution < 1.29 is 18.3 Å². The van der Waals surface area contributed by atoms with Crippen molar-refractivity contribution in [3.05, 3.63) is 83.0 Å². The van der Waals surface area contributed by atoms with Gasteiger partial charge in [-0.3, -0.25) is 4.79 Å². The Morgan fingerprint density at radius 2 is 1.97 bits per heavy atom. The van der Waals surface area contributed by atoms with Gasteiger partial charge in [-0.05, 0) is 68.2 Å². The molecular weight excluding hydrogens is 412 g/mol. The van der Waals surface area contributed by atoms with Crippen molar-refractivity contribution in [3.8, 4) is 11.4 Å². The molecule has 4 rings (SSSR count). The number of halogens is 2. The molecule has 0 spiro atoms. The van der Waals surface area contributed by atoms with Crippen LogP contribution in [0.25, 0.3) is 11.8 Å². The summed E-state index contributed by atoms with van der Waals surface area (Å²) in [6, 6.07) is 9.18. The summed E-state index contributed by atoms with van der Waals surface area (Å²) in [6.07, 6.45) is 6.98. The maximum Gasteiger partial charge on any atom is 0.250 e. The van der Waals surface area contributed by atoms with Crippen LogP contribution in [0.4, 0.5) is 8.78 Å². The van der Waals surface area contributed by atoms with E-state index in [1.54, 1.807) is 18.3 Å². The van der Waals surface area contributed by atoms with Crippen molar-refractivity contribution >= 4 is 12.0 Å². The average molecular weight is 437 g/mol. The van der Waals surface area contributed by atoms with Crippen LogP contribution in [0.5, 0.6) is 5.75 Å². The fourth-order valence-electron chi connectivity index (χ4n) is 4.04. The second kappa shape index (κ2) is 8.94. The Balaban J connectivity index is 1.59. The molecule has 3 aromatic rings. The lowest BCUT2D eigenvalue weighted by molar-refractivity contribution is -0.130. The van der Waals surface area contributed by atoms with Crippen molar-refractivity contribution in [1.82, 2.24) is 14.5 Å². The lowest BCUT2D eigenvalue weighted by atomic mass is 9.97. The average Bonchev–Trinajstić information content (AvgIpc) is 3.22. The van der Waals surface area contributed by atoms with Crippen molar-refractivity contribution in [2.75, 3.05) is 13.7 Å². The van der Waals surface area contributed by atoms with Gasteiger partial charge in [-0.15, -0.1) is 0 Å². The monoisotopic (exact) mass is 437 g/mol. The van der Waals surface area contributed by atoms with Crippen molar-refractivity contribution in [3.63, 3.8) is 0 Å². The third-order valence-corrected chi connectivity index (χ3v) is 5.81. The first-order valence-corrected chi connectivity index (χ1v) is 10.5. The Kier molecular flexibility index (Phi) is 6.08. The van der Waals surface area contributed by atoms with Gasteiger partial charge in [-0.1, -0.05) is 12.1 Å². The molecule has 1 amide bonds. The van der Waals surface area contributed by atoms with E-state index in [1.165, 1.54) is 6.07 Å². The summed E-state index contributed by atoms with van der Waals surface area (Å²) in [5.74, 6) is -1.22. The van der Waals surface area contributed by atoms with Gasteiger partial charge in [0.15, 0.2) is 11.6 Å². The summed E-state index contributed by atoms with van der Waals surface area (Å²) in [6.45, 7) is 4.32. The Bertz CT molecular complexity index is 1190. The molecule has 0 radical (unpaired) electrons. The van der Waals surface area contributed by atoms with Crippen LogP contribution in [-0.4, -0.2) is 34.0 Å². The third-order valence-electron chi connectivity index (χ3n) is 5.81. The number of aromatic nitrogens is 2. The first-order valence-electron chi connectivity index (χ1n) is 10.5. The second-order valence-electron chi connectivity index (χ2n) is 7.97. The highest BCUT2D eigenvalue weighted by Gasteiger charge is 2.28. The molecule has 166 valence electrons. The van der Waals surface area contributed by atoms with Crippen molar-refractivity contribution in [2.24, 2.45) is 0 Å². The van der Waals surface area contributed by atoms with E-state index in [0.29, 0.717) is 29.9 Å². The van der Waals surface area contributed by atoms with Gasteiger partial charge >= 0.3 is 0 Å². The number of carbonyl (C=O) groups excluding carboxylic acids is 1. The van der Waals surface area contributed by atoms with Crippen LogP contribution in [0.3, 0.4) is 0 Å². The van der Waals surface area contributed by atoms with Gasteiger partial charge in [-0.25, -0.2) is 13.8 Å². The SMILES string of the molecule is COc1cc(/C=C2\CCCN([C@H](C)c3ccc(F)c(F)c3)C2=O)ccc1-n1cnc(C)c1. The molecule has 2 aromatic carbocycles. The Hall–Kier alpha value is -3.48. The topological polar surface area (TPSA) is 47.4 Å². The van der Waals surface area contributed by atoms with E-state index in [4.69, 9.17) is 4.74 Å². The predicted octanol–water partition coefficient (Wildman–Crippen LogP) is 5.23.